The van der Waals surface area contributed by atoms with Crippen LogP contribution < -0.4 is 10.2 Å². The standard InChI is InChI=1S/C34H27Cl2F3N4O6/c1-42-29(45)19-11-10-18-21(25(19)31(42)47)13-22-30(46)43(41-28-23(36)12-16(14-40-28)34(37,38)39)32(48)33(22,15-6-8-17(35)9-7-15)26(18)20-4-3-5-24(49-2)27(20)44/h3-10,12,14,19,21-22,25-26,44H,11,13H2,1-2H3,(H,40,41). The minimum absolute atomic E-state index is 0.0410. The molecule has 2 N–H and O–H groups in total. The molecule has 2 saturated heterocycles. The molecule has 254 valence electrons. The number of pyridine rings is 1. The van der Waals surface area contributed by atoms with Gasteiger partial charge in [0.15, 0.2) is 17.3 Å². The van der Waals surface area contributed by atoms with Gasteiger partial charge in [-0.3, -0.25) is 29.5 Å². The molecule has 0 bridgehead atoms. The van der Waals surface area contributed by atoms with Crippen LogP contribution in [0.15, 0.2) is 66.4 Å². The minimum Gasteiger partial charge on any atom is -0.504 e. The molecule has 7 rings (SSSR count). The highest BCUT2D eigenvalue weighted by molar-refractivity contribution is 6.33. The Morgan fingerprint density at radius 1 is 1.02 bits per heavy atom. The number of nitrogens with zero attached hydrogens (tertiary/aromatic N) is 3. The highest BCUT2D eigenvalue weighted by Gasteiger charge is 2.70. The zero-order valence-corrected chi connectivity index (χ0v) is 27.3. The fourth-order valence-corrected chi connectivity index (χ4v) is 8.56. The molecule has 2 aromatic carbocycles. The molecule has 6 unspecified atom stereocenters. The number of phenols is 1. The number of allylic oxidation sites excluding steroid dienone is 2. The Balaban J connectivity index is 1.46. The van der Waals surface area contributed by atoms with Crippen molar-refractivity contribution in [1.29, 1.82) is 0 Å². The predicted octanol–water partition coefficient (Wildman–Crippen LogP) is 5.74. The quantitative estimate of drug-likeness (QED) is 0.253. The number of likely N-dealkylation sites (tertiary alicyclic amines) is 1. The van der Waals surface area contributed by atoms with Crippen molar-refractivity contribution in [2.75, 3.05) is 19.6 Å². The van der Waals surface area contributed by atoms with Crippen LogP contribution in [0.5, 0.6) is 11.5 Å². The lowest BCUT2D eigenvalue weighted by atomic mass is 9.49. The Bertz CT molecular complexity index is 1970. The zero-order valence-electron chi connectivity index (χ0n) is 25.8. The average Bonchev–Trinajstić information content (AvgIpc) is 3.42. The summed E-state index contributed by atoms with van der Waals surface area (Å²) in [6.07, 6.45) is -2.26. The van der Waals surface area contributed by atoms with Crippen molar-refractivity contribution in [3.8, 4) is 11.5 Å². The molecule has 3 heterocycles. The number of anilines is 1. The van der Waals surface area contributed by atoms with E-state index in [2.05, 4.69) is 10.4 Å². The number of methoxy groups -OCH3 is 1. The Morgan fingerprint density at radius 2 is 1.73 bits per heavy atom. The zero-order chi connectivity index (χ0) is 35.2. The van der Waals surface area contributed by atoms with Gasteiger partial charge in [0.1, 0.15) is 0 Å². The first-order valence-corrected chi connectivity index (χ1v) is 16.0. The summed E-state index contributed by atoms with van der Waals surface area (Å²) in [4.78, 5) is 61.3. The maximum atomic E-state index is 15.1. The second kappa shape index (κ2) is 11.5. The number of imide groups is 2. The molecule has 1 aromatic heterocycles. The molecule has 2 aliphatic carbocycles. The maximum absolute atomic E-state index is 15.1. The first kappa shape index (κ1) is 32.9. The molecule has 3 aromatic rings. The number of rotatable bonds is 5. The number of fused-ring (bicyclic) bond motifs is 4. The first-order chi connectivity index (χ1) is 23.2. The number of amides is 4. The van der Waals surface area contributed by atoms with E-state index in [9.17, 15) is 32.7 Å². The van der Waals surface area contributed by atoms with E-state index in [1.54, 1.807) is 36.4 Å². The van der Waals surface area contributed by atoms with Gasteiger partial charge in [0.05, 0.1) is 40.9 Å². The van der Waals surface area contributed by atoms with Gasteiger partial charge in [-0.05, 0) is 48.6 Å². The van der Waals surface area contributed by atoms with Gasteiger partial charge in [-0.25, -0.2) is 4.98 Å². The molecule has 1 saturated carbocycles. The number of aromatic nitrogens is 1. The second-order valence-electron chi connectivity index (χ2n) is 12.6. The number of benzene rings is 2. The summed E-state index contributed by atoms with van der Waals surface area (Å²) in [5.41, 5.74) is 0.823. The monoisotopic (exact) mass is 714 g/mol. The van der Waals surface area contributed by atoms with E-state index in [0.717, 1.165) is 4.90 Å². The molecule has 4 aliphatic rings. The van der Waals surface area contributed by atoms with E-state index in [4.69, 9.17) is 27.9 Å². The normalized spacial score (nSPS) is 27.9. The highest BCUT2D eigenvalue weighted by Crippen LogP contribution is 2.65. The van der Waals surface area contributed by atoms with Crippen molar-refractivity contribution >= 4 is 52.6 Å². The van der Waals surface area contributed by atoms with Crippen molar-refractivity contribution in [3.05, 3.63) is 93.1 Å². The van der Waals surface area contributed by atoms with Crippen molar-refractivity contribution in [1.82, 2.24) is 14.9 Å². The Labute approximate surface area is 287 Å². The van der Waals surface area contributed by atoms with Crippen LogP contribution in [0.2, 0.25) is 10.0 Å². The van der Waals surface area contributed by atoms with E-state index in [0.29, 0.717) is 33.4 Å². The topological polar surface area (TPSA) is 129 Å². The van der Waals surface area contributed by atoms with Gasteiger partial charge in [-0.2, -0.15) is 18.2 Å². The number of alkyl halides is 3. The van der Waals surface area contributed by atoms with Crippen LogP contribution in [0, 0.1) is 23.7 Å². The summed E-state index contributed by atoms with van der Waals surface area (Å²) >= 11 is 12.5. The van der Waals surface area contributed by atoms with Crippen molar-refractivity contribution < 1.29 is 42.2 Å². The first-order valence-electron chi connectivity index (χ1n) is 15.2. The van der Waals surface area contributed by atoms with Gasteiger partial charge >= 0.3 is 6.18 Å². The molecule has 0 radical (unpaired) electrons. The fraction of sp³-hybridized carbons (Fsp3) is 0.324. The summed E-state index contributed by atoms with van der Waals surface area (Å²) in [5.74, 6) is -7.38. The highest BCUT2D eigenvalue weighted by atomic mass is 35.5. The number of para-hydroxylation sites is 1. The van der Waals surface area contributed by atoms with Crippen LogP contribution in [0.3, 0.4) is 0 Å². The summed E-state index contributed by atoms with van der Waals surface area (Å²) in [6.45, 7) is 0. The van der Waals surface area contributed by atoms with Crippen LogP contribution in [-0.2, 0) is 30.8 Å². The van der Waals surface area contributed by atoms with Crippen molar-refractivity contribution in [2.45, 2.75) is 30.4 Å². The van der Waals surface area contributed by atoms with Crippen LogP contribution >= 0.6 is 23.2 Å². The number of halogens is 5. The number of hydrogen-bond acceptors (Lipinski definition) is 8. The minimum atomic E-state index is -4.75. The number of nitrogens with one attached hydrogen (secondary N) is 1. The molecular weight excluding hydrogens is 688 g/mol. The van der Waals surface area contributed by atoms with E-state index >= 15 is 4.79 Å². The lowest BCUT2D eigenvalue weighted by Gasteiger charge is -2.50. The Morgan fingerprint density at radius 3 is 2.39 bits per heavy atom. The SMILES string of the molecule is COc1cccc(C2C3=CCC4C(=O)N(C)C(=O)C4C3CC3C(=O)N(Nc4ncc(C(F)(F)F)cc4Cl)C(=O)C32c2ccc(Cl)cc2)c1O. The number of carbonyl (C=O) groups excluding carboxylic acids is 4. The summed E-state index contributed by atoms with van der Waals surface area (Å²) in [5, 5.41) is 12.2. The summed E-state index contributed by atoms with van der Waals surface area (Å²) < 4.78 is 45.5. The molecule has 2 aliphatic heterocycles. The Hall–Kier alpha value is -4.62. The van der Waals surface area contributed by atoms with Crippen LogP contribution in [-0.4, -0.2) is 57.8 Å². The molecule has 0 spiro atoms. The van der Waals surface area contributed by atoms with E-state index in [1.165, 1.54) is 20.2 Å². The number of carbonyl (C=O) groups is 4. The lowest BCUT2D eigenvalue weighted by molar-refractivity contribution is -0.140. The van der Waals surface area contributed by atoms with Crippen molar-refractivity contribution in [2.24, 2.45) is 23.7 Å². The third kappa shape index (κ3) is 4.73. The van der Waals surface area contributed by atoms with E-state index in [-0.39, 0.29) is 41.6 Å². The van der Waals surface area contributed by atoms with Gasteiger partial charge in [0.2, 0.25) is 11.8 Å². The summed E-state index contributed by atoms with van der Waals surface area (Å²) in [7, 11) is 2.77. The van der Waals surface area contributed by atoms with Crippen molar-refractivity contribution in [3.63, 3.8) is 0 Å². The largest absolute Gasteiger partial charge is 0.504 e. The molecule has 4 amide bonds. The van der Waals surface area contributed by atoms with E-state index in [1.807, 2.05) is 6.08 Å². The lowest BCUT2D eigenvalue weighted by Crippen LogP contribution is -2.53. The van der Waals surface area contributed by atoms with Gasteiger partial charge in [0, 0.05) is 29.7 Å². The van der Waals surface area contributed by atoms with Gasteiger partial charge in [0.25, 0.3) is 11.8 Å². The molecule has 6 atom stereocenters. The van der Waals surface area contributed by atoms with Crippen LogP contribution in [0.25, 0.3) is 0 Å². The third-order valence-electron chi connectivity index (χ3n) is 10.3. The number of aromatic hydroxyl groups is 1. The van der Waals surface area contributed by atoms with Crippen LogP contribution in [0.4, 0.5) is 19.0 Å². The fourth-order valence-electron chi connectivity index (χ4n) is 8.22. The smallest absolute Gasteiger partial charge is 0.417 e. The van der Waals surface area contributed by atoms with Gasteiger partial charge in [-0.15, -0.1) is 0 Å². The molecular formula is C34H27Cl2F3N4O6. The van der Waals surface area contributed by atoms with E-state index < -0.39 is 69.5 Å². The molecule has 15 heteroatoms. The number of ether oxygens (including phenoxy) is 1. The second-order valence-corrected chi connectivity index (χ2v) is 13.4. The third-order valence-corrected chi connectivity index (χ3v) is 10.9. The maximum Gasteiger partial charge on any atom is 0.417 e. The Kier molecular flexibility index (Phi) is 7.71. The molecule has 10 nitrogen and oxygen atoms in total. The number of phenolic OH excluding ortho intramolecular Hbond substituents is 1. The molecule has 49 heavy (non-hydrogen) atoms. The van der Waals surface area contributed by atoms with Gasteiger partial charge < -0.3 is 9.84 Å². The summed E-state index contributed by atoms with van der Waals surface area (Å²) in [6, 6.07) is 11.7. The predicted molar refractivity (Wildman–Crippen MR) is 169 cm³/mol. The number of hydrogen-bond donors (Lipinski definition) is 2. The molecule has 3 fully saturated rings. The van der Waals surface area contributed by atoms with Crippen LogP contribution in [0.1, 0.15) is 35.4 Å². The van der Waals surface area contributed by atoms with Gasteiger partial charge in [-0.1, -0.05) is 59.1 Å². The number of hydrazine groups is 1. The average molecular weight is 716 g/mol.